The first kappa shape index (κ1) is 19.2. The molecule has 0 radical (unpaired) electrons. The Morgan fingerprint density at radius 1 is 1.16 bits per heavy atom. The summed E-state index contributed by atoms with van der Waals surface area (Å²) in [5, 5.41) is 8.05. The number of anilines is 2. The number of benzene rings is 2. The minimum Gasteiger partial charge on any atom is -0.382 e. The minimum absolute atomic E-state index is 0.177. The van der Waals surface area contributed by atoms with Crippen LogP contribution in [-0.4, -0.2) is 20.7 Å². The van der Waals surface area contributed by atoms with Crippen LogP contribution < -0.4 is 11.1 Å². The highest BCUT2D eigenvalue weighted by Crippen LogP contribution is 2.49. The molecule has 0 aliphatic heterocycles. The van der Waals surface area contributed by atoms with Gasteiger partial charge in [-0.2, -0.15) is 5.10 Å². The van der Waals surface area contributed by atoms with Gasteiger partial charge in [-0.25, -0.2) is 14.1 Å². The molecule has 2 aromatic carbocycles. The fraction of sp³-hybridized carbons (Fsp3) is 0.208. The van der Waals surface area contributed by atoms with Crippen molar-refractivity contribution in [1.82, 2.24) is 14.8 Å². The molecular formula is C24H22FN5O. The fourth-order valence-electron chi connectivity index (χ4n) is 4.21. The highest BCUT2D eigenvalue weighted by molar-refractivity contribution is 6.02. The van der Waals surface area contributed by atoms with Crippen molar-refractivity contribution in [3.8, 4) is 11.1 Å². The first-order valence-electron chi connectivity index (χ1n) is 10.2. The van der Waals surface area contributed by atoms with E-state index in [0.717, 1.165) is 27.9 Å². The topological polar surface area (TPSA) is 85.8 Å². The van der Waals surface area contributed by atoms with Gasteiger partial charge in [-0.15, -0.1) is 0 Å². The van der Waals surface area contributed by atoms with Crippen LogP contribution >= 0.6 is 0 Å². The monoisotopic (exact) mass is 415 g/mol. The number of hydrogen-bond donors (Lipinski definition) is 2. The number of halogens is 1. The zero-order valence-corrected chi connectivity index (χ0v) is 17.3. The summed E-state index contributed by atoms with van der Waals surface area (Å²) in [4.78, 5) is 17.5. The summed E-state index contributed by atoms with van der Waals surface area (Å²) in [6.07, 6.45) is 1.29. The molecule has 1 saturated carbocycles. The summed E-state index contributed by atoms with van der Waals surface area (Å²) in [6.45, 7) is 1.93. The van der Waals surface area contributed by atoms with Crippen molar-refractivity contribution in [2.45, 2.75) is 25.2 Å². The van der Waals surface area contributed by atoms with Gasteiger partial charge in [0.1, 0.15) is 5.82 Å². The van der Waals surface area contributed by atoms with Crippen molar-refractivity contribution in [1.29, 1.82) is 0 Å². The van der Waals surface area contributed by atoms with E-state index in [2.05, 4.69) is 15.4 Å². The van der Waals surface area contributed by atoms with Gasteiger partial charge in [-0.05, 0) is 55.2 Å². The lowest BCUT2D eigenvalue weighted by Gasteiger charge is -2.17. The molecule has 7 heteroatoms. The molecule has 5 rings (SSSR count). The molecule has 1 amide bonds. The molecule has 2 aromatic heterocycles. The predicted molar refractivity (Wildman–Crippen MR) is 119 cm³/mol. The second kappa shape index (κ2) is 6.91. The summed E-state index contributed by atoms with van der Waals surface area (Å²) < 4.78 is 15.9. The van der Waals surface area contributed by atoms with Gasteiger partial charge in [0, 0.05) is 24.0 Å². The summed E-state index contributed by atoms with van der Waals surface area (Å²) >= 11 is 0. The largest absolute Gasteiger partial charge is 0.382 e. The SMILES string of the molecule is Cc1cc(-c2ccc(NC(=O)C3(c4ccccc4F)CC3)cc2)c2c(N)nn(C)c2n1. The van der Waals surface area contributed by atoms with Crippen LogP contribution in [0.1, 0.15) is 24.1 Å². The molecule has 3 N–H and O–H groups in total. The van der Waals surface area contributed by atoms with E-state index < -0.39 is 5.41 Å². The van der Waals surface area contributed by atoms with Gasteiger partial charge in [0.05, 0.1) is 10.8 Å². The molecule has 4 aromatic rings. The van der Waals surface area contributed by atoms with E-state index in [4.69, 9.17) is 5.73 Å². The zero-order chi connectivity index (χ0) is 21.8. The van der Waals surface area contributed by atoms with Crippen molar-refractivity contribution in [2.75, 3.05) is 11.1 Å². The van der Waals surface area contributed by atoms with E-state index >= 15 is 0 Å². The van der Waals surface area contributed by atoms with E-state index in [1.807, 2.05) is 44.3 Å². The Kier molecular flexibility index (Phi) is 4.28. The molecule has 0 bridgehead atoms. The van der Waals surface area contributed by atoms with Crippen LogP contribution in [0.2, 0.25) is 0 Å². The van der Waals surface area contributed by atoms with Crippen LogP contribution in [0.25, 0.3) is 22.2 Å². The molecule has 0 unspecified atom stereocenters. The number of nitrogens with zero attached hydrogens (tertiary/aromatic N) is 3. The van der Waals surface area contributed by atoms with Crippen molar-refractivity contribution >= 4 is 28.4 Å². The van der Waals surface area contributed by atoms with E-state index in [1.165, 1.54) is 6.07 Å². The Balaban J connectivity index is 1.44. The average Bonchev–Trinajstić information content (AvgIpc) is 3.50. The van der Waals surface area contributed by atoms with E-state index in [-0.39, 0.29) is 11.7 Å². The van der Waals surface area contributed by atoms with E-state index in [9.17, 15) is 9.18 Å². The molecule has 156 valence electrons. The molecule has 1 fully saturated rings. The Morgan fingerprint density at radius 3 is 2.55 bits per heavy atom. The minimum atomic E-state index is -0.775. The number of carbonyl (C=O) groups is 1. The Labute approximate surface area is 178 Å². The summed E-state index contributed by atoms with van der Waals surface area (Å²) in [7, 11) is 1.82. The van der Waals surface area contributed by atoms with Gasteiger partial charge < -0.3 is 11.1 Å². The summed E-state index contributed by atoms with van der Waals surface area (Å²) in [6, 6.07) is 16.0. The number of aryl methyl sites for hydroxylation is 2. The fourth-order valence-corrected chi connectivity index (χ4v) is 4.21. The maximum absolute atomic E-state index is 14.3. The molecule has 1 aliphatic rings. The number of nitrogens with two attached hydrogens (primary N) is 1. The number of rotatable bonds is 4. The van der Waals surface area contributed by atoms with Gasteiger partial charge >= 0.3 is 0 Å². The van der Waals surface area contributed by atoms with Crippen molar-refractivity contribution in [3.05, 3.63) is 71.7 Å². The van der Waals surface area contributed by atoms with Gasteiger partial charge in [-0.3, -0.25) is 4.79 Å². The summed E-state index contributed by atoms with van der Waals surface area (Å²) in [5.41, 5.74) is 9.96. The van der Waals surface area contributed by atoms with Gasteiger partial charge in [0.15, 0.2) is 11.5 Å². The molecule has 0 spiro atoms. The molecule has 2 heterocycles. The molecular weight excluding hydrogens is 393 g/mol. The smallest absolute Gasteiger partial charge is 0.235 e. The quantitative estimate of drug-likeness (QED) is 0.519. The molecule has 1 aliphatic carbocycles. The second-order valence-corrected chi connectivity index (χ2v) is 8.11. The van der Waals surface area contributed by atoms with Crippen LogP contribution in [-0.2, 0) is 17.3 Å². The van der Waals surface area contributed by atoms with Crippen molar-refractivity contribution < 1.29 is 9.18 Å². The Morgan fingerprint density at radius 2 is 1.87 bits per heavy atom. The first-order valence-corrected chi connectivity index (χ1v) is 10.2. The standard InChI is InChI=1S/C24H22FN5O/c1-14-13-17(20-21(26)29-30(2)22(20)27-14)15-7-9-16(10-8-15)28-23(31)24(11-12-24)18-5-3-4-6-19(18)25/h3-10,13H,11-12H2,1-2H3,(H2,26,29)(H,28,31). The maximum atomic E-state index is 14.3. The van der Waals surface area contributed by atoms with Crippen LogP contribution in [0.3, 0.4) is 0 Å². The van der Waals surface area contributed by atoms with E-state index in [1.54, 1.807) is 22.9 Å². The first-order chi connectivity index (χ1) is 14.9. The Bertz CT molecular complexity index is 1320. The van der Waals surface area contributed by atoms with Crippen molar-refractivity contribution in [3.63, 3.8) is 0 Å². The third-order valence-corrected chi connectivity index (χ3v) is 5.98. The van der Waals surface area contributed by atoms with Crippen molar-refractivity contribution in [2.24, 2.45) is 7.05 Å². The van der Waals surface area contributed by atoms with Crippen LogP contribution in [0, 0.1) is 12.7 Å². The zero-order valence-electron chi connectivity index (χ0n) is 17.3. The Hall–Kier alpha value is -3.74. The highest BCUT2D eigenvalue weighted by atomic mass is 19.1. The number of amides is 1. The molecule has 6 nitrogen and oxygen atoms in total. The second-order valence-electron chi connectivity index (χ2n) is 8.11. The number of hydrogen-bond acceptors (Lipinski definition) is 4. The van der Waals surface area contributed by atoms with Gasteiger partial charge in [-0.1, -0.05) is 30.3 Å². The highest BCUT2D eigenvalue weighted by Gasteiger charge is 2.52. The van der Waals surface area contributed by atoms with Crippen LogP contribution in [0.4, 0.5) is 15.9 Å². The number of pyridine rings is 1. The third kappa shape index (κ3) is 3.13. The molecule has 0 saturated heterocycles. The number of nitrogens with one attached hydrogen (secondary N) is 1. The maximum Gasteiger partial charge on any atom is 0.235 e. The third-order valence-electron chi connectivity index (χ3n) is 5.98. The lowest BCUT2D eigenvalue weighted by atomic mass is 9.94. The predicted octanol–water partition coefficient (Wildman–Crippen LogP) is 4.34. The number of aromatic nitrogens is 3. The van der Waals surface area contributed by atoms with Crippen LogP contribution in [0.5, 0.6) is 0 Å². The number of nitrogen functional groups attached to an aromatic ring is 1. The van der Waals surface area contributed by atoms with Gasteiger partial charge in [0.25, 0.3) is 0 Å². The average molecular weight is 415 g/mol. The van der Waals surface area contributed by atoms with Gasteiger partial charge in [0.2, 0.25) is 5.91 Å². The number of fused-ring (bicyclic) bond motifs is 1. The van der Waals surface area contributed by atoms with E-state index in [0.29, 0.717) is 29.9 Å². The lowest BCUT2D eigenvalue weighted by Crippen LogP contribution is -2.28. The molecule has 31 heavy (non-hydrogen) atoms. The van der Waals surface area contributed by atoms with Crippen LogP contribution in [0.15, 0.2) is 54.6 Å². The summed E-state index contributed by atoms with van der Waals surface area (Å²) in [5.74, 6) is -0.0847. The normalized spacial score (nSPS) is 14.5. The lowest BCUT2D eigenvalue weighted by molar-refractivity contribution is -0.118. The number of carbonyl (C=O) groups excluding carboxylic acids is 1. The molecule has 0 atom stereocenters.